The first-order valence-corrected chi connectivity index (χ1v) is 7.42. The van der Waals surface area contributed by atoms with Crippen LogP contribution in [0.4, 0.5) is 5.13 Å². The Balaban J connectivity index is 1.77. The average Bonchev–Trinajstić information content (AvgIpc) is 2.92. The maximum atomic E-state index is 11.9. The number of amides is 2. The summed E-state index contributed by atoms with van der Waals surface area (Å²) in [6, 6.07) is 6.81. The largest absolute Gasteiger partial charge is 0.497 e. The van der Waals surface area contributed by atoms with E-state index >= 15 is 0 Å². The lowest BCUT2D eigenvalue weighted by molar-refractivity contribution is -0.116. The molecule has 116 valence electrons. The van der Waals surface area contributed by atoms with Crippen molar-refractivity contribution in [2.24, 2.45) is 0 Å². The topological polar surface area (TPSA) is 93.2 Å². The summed E-state index contributed by atoms with van der Waals surface area (Å²) < 4.78 is 5.06. The molecule has 2 rings (SSSR count). The predicted molar refractivity (Wildman–Crippen MR) is 83.2 cm³/mol. The van der Waals surface area contributed by atoms with Crippen LogP contribution in [-0.2, 0) is 4.79 Å². The van der Waals surface area contributed by atoms with E-state index in [1.54, 1.807) is 24.3 Å². The molecule has 0 aliphatic carbocycles. The van der Waals surface area contributed by atoms with Gasteiger partial charge in [-0.3, -0.25) is 9.59 Å². The molecule has 22 heavy (non-hydrogen) atoms. The summed E-state index contributed by atoms with van der Waals surface area (Å²) in [5.74, 6) is 0.137. The maximum Gasteiger partial charge on any atom is 0.251 e. The first-order valence-electron chi connectivity index (χ1n) is 6.60. The van der Waals surface area contributed by atoms with Crippen molar-refractivity contribution in [2.45, 2.75) is 13.3 Å². The van der Waals surface area contributed by atoms with Gasteiger partial charge in [-0.25, -0.2) is 0 Å². The van der Waals surface area contributed by atoms with E-state index in [0.29, 0.717) is 16.4 Å². The minimum Gasteiger partial charge on any atom is -0.497 e. The van der Waals surface area contributed by atoms with E-state index in [0.717, 1.165) is 5.01 Å². The fourth-order valence-electron chi connectivity index (χ4n) is 1.68. The van der Waals surface area contributed by atoms with Crippen LogP contribution in [0.1, 0.15) is 21.8 Å². The molecule has 0 aliphatic rings. The Bertz CT molecular complexity index is 672. The van der Waals surface area contributed by atoms with E-state index in [2.05, 4.69) is 20.8 Å². The van der Waals surface area contributed by atoms with Gasteiger partial charge in [0, 0.05) is 18.5 Å². The number of nitrogens with one attached hydrogen (secondary N) is 2. The van der Waals surface area contributed by atoms with Crippen molar-refractivity contribution < 1.29 is 14.3 Å². The number of anilines is 1. The standard InChI is InChI=1S/C14H16N4O3S/c1-9-17-18-14(22-9)16-12(19)6-7-15-13(20)10-4-3-5-11(8-10)21-2/h3-5,8H,6-7H2,1-2H3,(H,15,20)(H,16,18,19). The summed E-state index contributed by atoms with van der Waals surface area (Å²) in [6.07, 6.45) is 0.161. The van der Waals surface area contributed by atoms with Crippen LogP contribution in [-0.4, -0.2) is 35.7 Å². The molecular formula is C14H16N4O3S. The van der Waals surface area contributed by atoms with Crippen molar-refractivity contribution in [1.82, 2.24) is 15.5 Å². The second-order valence-electron chi connectivity index (χ2n) is 4.41. The second kappa shape index (κ2) is 7.51. The third-order valence-corrected chi connectivity index (χ3v) is 3.50. The van der Waals surface area contributed by atoms with Crippen LogP contribution >= 0.6 is 11.3 Å². The number of hydrogen-bond donors (Lipinski definition) is 2. The van der Waals surface area contributed by atoms with Gasteiger partial charge in [0.15, 0.2) is 0 Å². The highest BCUT2D eigenvalue weighted by Gasteiger charge is 2.09. The van der Waals surface area contributed by atoms with Crippen LogP contribution < -0.4 is 15.4 Å². The van der Waals surface area contributed by atoms with Crippen molar-refractivity contribution in [3.63, 3.8) is 0 Å². The van der Waals surface area contributed by atoms with Gasteiger partial charge in [-0.15, -0.1) is 10.2 Å². The molecule has 0 saturated heterocycles. The van der Waals surface area contributed by atoms with Gasteiger partial charge in [-0.05, 0) is 25.1 Å². The molecule has 0 radical (unpaired) electrons. The minimum absolute atomic E-state index is 0.161. The van der Waals surface area contributed by atoms with Gasteiger partial charge in [0.05, 0.1) is 7.11 Å². The lowest BCUT2D eigenvalue weighted by Gasteiger charge is -2.06. The molecule has 0 unspecified atom stereocenters. The van der Waals surface area contributed by atoms with Crippen molar-refractivity contribution >= 4 is 28.3 Å². The molecule has 1 heterocycles. The Morgan fingerprint density at radius 2 is 2.14 bits per heavy atom. The summed E-state index contributed by atoms with van der Waals surface area (Å²) in [5.41, 5.74) is 0.486. The highest BCUT2D eigenvalue weighted by molar-refractivity contribution is 7.15. The number of nitrogens with zero attached hydrogens (tertiary/aromatic N) is 2. The minimum atomic E-state index is -0.251. The molecule has 0 fully saturated rings. The lowest BCUT2D eigenvalue weighted by atomic mass is 10.2. The van der Waals surface area contributed by atoms with Gasteiger partial charge < -0.3 is 15.4 Å². The van der Waals surface area contributed by atoms with Gasteiger partial charge >= 0.3 is 0 Å². The smallest absolute Gasteiger partial charge is 0.251 e. The third-order valence-electron chi connectivity index (χ3n) is 2.74. The van der Waals surface area contributed by atoms with Gasteiger partial charge in [-0.2, -0.15) is 0 Å². The van der Waals surface area contributed by atoms with E-state index in [4.69, 9.17) is 4.74 Å². The average molecular weight is 320 g/mol. The normalized spacial score (nSPS) is 10.1. The Kier molecular flexibility index (Phi) is 5.42. The van der Waals surface area contributed by atoms with Crippen LogP contribution in [0.5, 0.6) is 5.75 Å². The molecule has 0 atom stereocenters. The monoisotopic (exact) mass is 320 g/mol. The first-order chi connectivity index (χ1) is 10.6. The molecule has 8 heteroatoms. The fraction of sp³-hybridized carbons (Fsp3) is 0.286. The van der Waals surface area contributed by atoms with Crippen molar-refractivity contribution in [3.8, 4) is 5.75 Å². The predicted octanol–water partition coefficient (Wildman–Crippen LogP) is 1.61. The zero-order valence-corrected chi connectivity index (χ0v) is 13.1. The first kappa shape index (κ1) is 15.9. The van der Waals surface area contributed by atoms with E-state index < -0.39 is 0 Å². The Hall–Kier alpha value is -2.48. The molecule has 0 aliphatic heterocycles. The van der Waals surface area contributed by atoms with Gasteiger partial charge in [-0.1, -0.05) is 17.4 Å². The van der Waals surface area contributed by atoms with Crippen LogP contribution in [0.15, 0.2) is 24.3 Å². The van der Waals surface area contributed by atoms with Crippen molar-refractivity contribution in [3.05, 3.63) is 34.8 Å². The molecule has 0 saturated carbocycles. The fourth-order valence-corrected chi connectivity index (χ4v) is 2.29. The van der Waals surface area contributed by atoms with Gasteiger partial charge in [0.25, 0.3) is 5.91 Å². The van der Waals surface area contributed by atoms with Crippen LogP contribution in [0, 0.1) is 6.92 Å². The molecular weight excluding hydrogens is 304 g/mol. The Morgan fingerprint density at radius 3 is 2.82 bits per heavy atom. The molecule has 0 spiro atoms. The summed E-state index contributed by atoms with van der Waals surface area (Å²) >= 11 is 1.30. The number of carbonyl (C=O) groups is 2. The zero-order chi connectivity index (χ0) is 15.9. The van der Waals surface area contributed by atoms with Crippen LogP contribution in [0.3, 0.4) is 0 Å². The van der Waals surface area contributed by atoms with Crippen LogP contribution in [0.2, 0.25) is 0 Å². The van der Waals surface area contributed by atoms with Crippen molar-refractivity contribution in [2.75, 3.05) is 19.0 Å². The summed E-state index contributed by atoms with van der Waals surface area (Å²) in [6.45, 7) is 2.04. The number of benzene rings is 1. The Morgan fingerprint density at radius 1 is 1.32 bits per heavy atom. The molecule has 2 amide bonds. The maximum absolute atomic E-state index is 11.9. The summed E-state index contributed by atoms with van der Waals surface area (Å²) in [5, 5.41) is 14.2. The highest BCUT2D eigenvalue weighted by Crippen LogP contribution is 2.14. The zero-order valence-electron chi connectivity index (χ0n) is 12.3. The number of methoxy groups -OCH3 is 1. The quantitative estimate of drug-likeness (QED) is 0.843. The number of carbonyl (C=O) groups excluding carboxylic acids is 2. The molecule has 7 nitrogen and oxygen atoms in total. The molecule has 1 aromatic carbocycles. The van der Waals surface area contributed by atoms with E-state index in [1.807, 2.05) is 6.92 Å². The molecule has 2 N–H and O–H groups in total. The summed E-state index contributed by atoms with van der Waals surface area (Å²) in [7, 11) is 1.54. The third kappa shape index (κ3) is 4.52. The van der Waals surface area contributed by atoms with Crippen LogP contribution in [0.25, 0.3) is 0 Å². The van der Waals surface area contributed by atoms with E-state index in [1.165, 1.54) is 18.4 Å². The number of rotatable bonds is 6. The number of aromatic nitrogens is 2. The Labute approximate surface area is 131 Å². The van der Waals surface area contributed by atoms with Gasteiger partial charge in [0.2, 0.25) is 11.0 Å². The number of ether oxygens (including phenoxy) is 1. The highest BCUT2D eigenvalue weighted by atomic mass is 32.1. The second-order valence-corrected chi connectivity index (χ2v) is 5.59. The number of hydrogen-bond acceptors (Lipinski definition) is 6. The van der Waals surface area contributed by atoms with E-state index in [-0.39, 0.29) is 24.8 Å². The molecule has 1 aromatic heterocycles. The SMILES string of the molecule is COc1cccc(C(=O)NCCC(=O)Nc2nnc(C)s2)c1. The van der Waals surface area contributed by atoms with Crippen molar-refractivity contribution in [1.29, 1.82) is 0 Å². The summed E-state index contributed by atoms with van der Waals surface area (Å²) in [4.78, 5) is 23.6. The van der Waals surface area contributed by atoms with Gasteiger partial charge in [0.1, 0.15) is 10.8 Å². The van der Waals surface area contributed by atoms with E-state index in [9.17, 15) is 9.59 Å². The lowest BCUT2D eigenvalue weighted by Crippen LogP contribution is -2.27. The number of aryl methyl sites for hydroxylation is 1. The molecule has 0 bridgehead atoms. The molecule has 2 aromatic rings.